The van der Waals surface area contributed by atoms with Crippen LogP contribution in [0.4, 0.5) is 0 Å². The molecule has 0 aromatic carbocycles. The molecule has 0 unspecified atom stereocenters. The predicted molar refractivity (Wildman–Crippen MR) is 35.9 cm³/mol. The third-order valence-corrected chi connectivity index (χ3v) is 1.56. The van der Waals surface area contributed by atoms with Crippen molar-refractivity contribution < 1.29 is 9.53 Å². The van der Waals surface area contributed by atoms with Gasteiger partial charge in [-0.3, -0.25) is 10.2 Å². The van der Waals surface area contributed by atoms with Crippen LogP contribution in [0.2, 0.25) is 0 Å². The summed E-state index contributed by atoms with van der Waals surface area (Å²) in [7, 11) is 0. The van der Waals surface area contributed by atoms with Crippen LogP contribution < -0.4 is 11.3 Å². The van der Waals surface area contributed by atoms with Crippen molar-refractivity contribution in [2.45, 2.75) is 32.0 Å². The van der Waals surface area contributed by atoms with E-state index >= 15 is 0 Å². The molecule has 1 aliphatic rings. The first-order valence-corrected chi connectivity index (χ1v) is 3.45. The summed E-state index contributed by atoms with van der Waals surface area (Å²) in [5.74, 6) is 4.68. The zero-order chi connectivity index (χ0) is 7.56. The van der Waals surface area contributed by atoms with E-state index < -0.39 is 0 Å². The number of nitrogens with two attached hydrogens (primary N) is 1. The van der Waals surface area contributed by atoms with Gasteiger partial charge in [0.05, 0.1) is 6.10 Å². The molecule has 1 amide bonds. The summed E-state index contributed by atoms with van der Waals surface area (Å²) < 4.78 is 5.02. The molecule has 0 spiro atoms. The molecule has 1 heterocycles. The van der Waals surface area contributed by atoms with Gasteiger partial charge in [-0.2, -0.15) is 0 Å². The summed E-state index contributed by atoms with van der Waals surface area (Å²) in [6.07, 6.45) is 1.83. The van der Waals surface area contributed by atoms with Crippen LogP contribution in [0.15, 0.2) is 0 Å². The number of hydrogen-bond donors (Lipinski definition) is 2. The molecular formula is C6H12N2O2. The lowest BCUT2D eigenvalue weighted by molar-refractivity contribution is -0.122. The number of rotatable bonds is 3. The molecule has 0 saturated carbocycles. The number of hydrazine groups is 1. The quantitative estimate of drug-likeness (QED) is 0.244. The smallest absolute Gasteiger partial charge is 0.265 e. The second-order valence-corrected chi connectivity index (χ2v) is 2.39. The summed E-state index contributed by atoms with van der Waals surface area (Å²) in [5, 5.41) is 0. The van der Waals surface area contributed by atoms with E-state index in [0.29, 0.717) is 0 Å². The Kier molecular flexibility index (Phi) is 2.24. The van der Waals surface area contributed by atoms with Crippen LogP contribution in [-0.2, 0) is 9.53 Å². The Balaban J connectivity index is 2.18. The Morgan fingerprint density at radius 3 is 3.00 bits per heavy atom. The second kappa shape index (κ2) is 2.98. The van der Waals surface area contributed by atoms with Gasteiger partial charge in [-0.1, -0.05) is 13.3 Å². The molecule has 1 rings (SSSR count). The fraction of sp³-hybridized carbons (Fsp3) is 0.833. The van der Waals surface area contributed by atoms with Crippen LogP contribution in [0, 0.1) is 0 Å². The Morgan fingerprint density at radius 2 is 2.50 bits per heavy atom. The summed E-state index contributed by atoms with van der Waals surface area (Å²) in [6, 6.07) is 0. The van der Waals surface area contributed by atoms with E-state index in [1.807, 2.05) is 0 Å². The highest BCUT2D eigenvalue weighted by Gasteiger charge is 2.43. The van der Waals surface area contributed by atoms with E-state index in [1.165, 1.54) is 0 Å². The number of epoxide rings is 1. The second-order valence-electron chi connectivity index (χ2n) is 2.39. The van der Waals surface area contributed by atoms with Gasteiger partial charge in [-0.15, -0.1) is 0 Å². The Labute approximate surface area is 59.7 Å². The molecule has 4 heteroatoms. The minimum absolute atomic E-state index is 0.119. The van der Waals surface area contributed by atoms with Gasteiger partial charge in [0.1, 0.15) is 0 Å². The van der Waals surface area contributed by atoms with E-state index in [-0.39, 0.29) is 18.1 Å². The van der Waals surface area contributed by atoms with Crippen molar-refractivity contribution in [1.82, 2.24) is 5.43 Å². The molecule has 3 N–H and O–H groups in total. The Morgan fingerprint density at radius 1 is 1.80 bits per heavy atom. The summed E-state index contributed by atoms with van der Waals surface area (Å²) in [4.78, 5) is 10.7. The number of nitrogens with one attached hydrogen (secondary N) is 1. The van der Waals surface area contributed by atoms with Crippen LogP contribution in [0.25, 0.3) is 0 Å². The predicted octanol–water partition coefficient (Wildman–Crippen LogP) is -0.456. The molecule has 0 aromatic heterocycles. The first-order chi connectivity index (χ1) is 4.79. The summed E-state index contributed by atoms with van der Waals surface area (Å²) in [5.41, 5.74) is 2.05. The van der Waals surface area contributed by atoms with Crippen molar-refractivity contribution in [3.8, 4) is 0 Å². The molecule has 0 aliphatic carbocycles. The number of carbonyl (C=O) groups excluding carboxylic acids is 1. The minimum atomic E-state index is -0.273. The molecule has 58 valence electrons. The summed E-state index contributed by atoms with van der Waals surface area (Å²) >= 11 is 0. The molecule has 4 nitrogen and oxygen atoms in total. The van der Waals surface area contributed by atoms with Gasteiger partial charge < -0.3 is 4.74 Å². The van der Waals surface area contributed by atoms with Gasteiger partial charge in [0, 0.05) is 0 Å². The molecular weight excluding hydrogens is 132 g/mol. The van der Waals surface area contributed by atoms with Gasteiger partial charge in [0.15, 0.2) is 6.10 Å². The van der Waals surface area contributed by atoms with E-state index in [4.69, 9.17) is 10.6 Å². The molecule has 1 fully saturated rings. The third-order valence-electron chi connectivity index (χ3n) is 1.56. The third kappa shape index (κ3) is 1.46. The van der Waals surface area contributed by atoms with Gasteiger partial charge in [-0.05, 0) is 6.42 Å². The molecule has 1 aliphatic heterocycles. The fourth-order valence-electron chi connectivity index (χ4n) is 0.960. The normalized spacial score (nSPS) is 29.8. The SMILES string of the molecule is CCC[C@@H]1O[C@H]1C(=O)NN. The van der Waals surface area contributed by atoms with E-state index in [0.717, 1.165) is 12.8 Å². The average molecular weight is 144 g/mol. The van der Waals surface area contributed by atoms with Crippen molar-refractivity contribution in [3.05, 3.63) is 0 Å². The number of hydrogen-bond acceptors (Lipinski definition) is 3. The highest BCUT2D eigenvalue weighted by Crippen LogP contribution is 2.25. The van der Waals surface area contributed by atoms with Crippen molar-refractivity contribution in [2.75, 3.05) is 0 Å². The van der Waals surface area contributed by atoms with Crippen LogP contribution >= 0.6 is 0 Å². The minimum Gasteiger partial charge on any atom is -0.359 e. The van der Waals surface area contributed by atoms with Crippen LogP contribution in [0.1, 0.15) is 19.8 Å². The first kappa shape index (κ1) is 7.50. The molecule has 0 bridgehead atoms. The maximum absolute atomic E-state index is 10.7. The van der Waals surface area contributed by atoms with E-state index in [2.05, 4.69) is 12.3 Å². The molecule has 1 saturated heterocycles. The Hall–Kier alpha value is -0.610. The standard InChI is InChI=1S/C6H12N2O2/c1-2-3-4-5(10-4)6(9)8-7/h4-5H,2-3,7H2,1H3,(H,8,9)/t4-,5+/m0/s1. The van der Waals surface area contributed by atoms with Crippen LogP contribution in [0.3, 0.4) is 0 Å². The highest BCUT2D eigenvalue weighted by atomic mass is 16.6. The summed E-state index contributed by atoms with van der Waals surface area (Å²) in [6.45, 7) is 2.05. The monoisotopic (exact) mass is 144 g/mol. The number of amides is 1. The van der Waals surface area contributed by atoms with Crippen molar-refractivity contribution in [2.24, 2.45) is 5.84 Å². The lowest BCUT2D eigenvalue weighted by atomic mass is 10.2. The first-order valence-electron chi connectivity index (χ1n) is 3.45. The molecule has 10 heavy (non-hydrogen) atoms. The highest BCUT2D eigenvalue weighted by molar-refractivity contribution is 5.82. The molecule has 0 radical (unpaired) electrons. The van der Waals surface area contributed by atoms with Crippen LogP contribution in [0.5, 0.6) is 0 Å². The largest absolute Gasteiger partial charge is 0.359 e. The zero-order valence-corrected chi connectivity index (χ0v) is 5.96. The lowest BCUT2D eigenvalue weighted by Crippen LogP contribution is -2.34. The van der Waals surface area contributed by atoms with E-state index in [9.17, 15) is 4.79 Å². The van der Waals surface area contributed by atoms with Crippen molar-refractivity contribution >= 4 is 5.91 Å². The topological polar surface area (TPSA) is 67.7 Å². The maximum Gasteiger partial charge on any atom is 0.265 e. The zero-order valence-electron chi connectivity index (χ0n) is 5.96. The lowest BCUT2D eigenvalue weighted by Gasteiger charge is -1.90. The molecule has 0 aromatic rings. The average Bonchev–Trinajstić information content (AvgIpc) is 2.67. The number of carbonyl (C=O) groups is 1. The van der Waals surface area contributed by atoms with Gasteiger partial charge >= 0.3 is 0 Å². The Bertz CT molecular complexity index is 138. The fourth-order valence-corrected chi connectivity index (χ4v) is 0.960. The number of ether oxygens (including phenoxy) is 1. The van der Waals surface area contributed by atoms with E-state index in [1.54, 1.807) is 0 Å². The van der Waals surface area contributed by atoms with Crippen LogP contribution in [-0.4, -0.2) is 18.1 Å². The van der Waals surface area contributed by atoms with Gasteiger partial charge in [0.2, 0.25) is 0 Å². The van der Waals surface area contributed by atoms with Crippen molar-refractivity contribution in [3.63, 3.8) is 0 Å². The maximum atomic E-state index is 10.7. The van der Waals surface area contributed by atoms with Gasteiger partial charge in [0.25, 0.3) is 5.91 Å². The molecule has 2 atom stereocenters. The van der Waals surface area contributed by atoms with Gasteiger partial charge in [-0.25, -0.2) is 5.84 Å². The van der Waals surface area contributed by atoms with Crippen molar-refractivity contribution in [1.29, 1.82) is 0 Å².